The third kappa shape index (κ3) is 6.88. The Hall–Kier alpha value is -3.48. The van der Waals surface area contributed by atoms with Crippen LogP contribution >= 0.6 is 0 Å². The number of rotatable bonds is 10. The first-order chi connectivity index (χ1) is 18.1. The minimum Gasteiger partial charge on any atom is -0.395 e. The fraction of sp³-hybridized carbons (Fsp3) is 0.538. The molecule has 1 atom stereocenters. The van der Waals surface area contributed by atoms with Gasteiger partial charge >= 0.3 is 6.03 Å². The quantitative estimate of drug-likeness (QED) is 0.216. The number of aromatic nitrogens is 4. The van der Waals surface area contributed by atoms with Gasteiger partial charge in [0.2, 0.25) is 5.95 Å². The van der Waals surface area contributed by atoms with Crippen LogP contribution in [0.1, 0.15) is 39.2 Å². The summed E-state index contributed by atoms with van der Waals surface area (Å²) in [5, 5.41) is 26.7. The number of fused-ring (bicyclic) bond motifs is 1. The molecule has 2 amide bonds. The van der Waals surface area contributed by atoms with Crippen LogP contribution in [0.4, 0.5) is 22.2 Å². The standard InChI is InChI=1S/C26H39N9O3/c1-25(2,3)18-5-7-19(8-6-18)31-24(37)28-10-4-11-34(13-14-36)15-26(38)9-12-35(16-26)22-20-21(30-17-29-20)32-23(27)33-22/h5-8,17,36,38H,4,9-16H2,1-3H3,(H2,28,31,37)(H3,27,29,30,32,33). The molecule has 1 aliphatic heterocycles. The highest BCUT2D eigenvalue weighted by molar-refractivity contribution is 5.89. The number of nitrogen functional groups attached to an aromatic ring is 1. The Kier molecular flexibility index (Phi) is 8.34. The SMILES string of the molecule is CC(C)(C)c1ccc(NC(=O)NCCCN(CCO)CC2(O)CCN(c3nc(N)nc4nc[nH]c34)C2)cc1. The van der Waals surface area contributed by atoms with Crippen molar-refractivity contribution in [2.75, 3.05) is 61.8 Å². The lowest BCUT2D eigenvalue weighted by Gasteiger charge is -2.31. The van der Waals surface area contributed by atoms with E-state index < -0.39 is 5.60 Å². The number of aromatic amines is 1. The van der Waals surface area contributed by atoms with Crippen molar-refractivity contribution in [2.24, 2.45) is 0 Å². The van der Waals surface area contributed by atoms with E-state index in [4.69, 9.17) is 5.73 Å². The second kappa shape index (κ2) is 11.5. The van der Waals surface area contributed by atoms with Crippen molar-refractivity contribution in [1.82, 2.24) is 30.2 Å². The van der Waals surface area contributed by atoms with E-state index in [0.29, 0.717) is 69.1 Å². The zero-order chi connectivity index (χ0) is 27.3. The van der Waals surface area contributed by atoms with E-state index in [1.54, 1.807) is 6.33 Å². The van der Waals surface area contributed by atoms with Crippen molar-refractivity contribution in [3.8, 4) is 0 Å². The van der Waals surface area contributed by atoms with Crippen molar-refractivity contribution in [2.45, 2.75) is 44.6 Å². The molecule has 1 aromatic carbocycles. The average molecular weight is 526 g/mol. The maximum absolute atomic E-state index is 12.3. The Balaban J connectivity index is 1.25. The van der Waals surface area contributed by atoms with Gasteiger partial charge in [-0.2, -0.15) is 9.97 Å². The molecular formula is C26H39N9O3. The van der Waals surface area contributed by atoms with Crippen molar-refractivity contribution < 1.29 is 15.0 Å². The molecular weight excluding hydrogens is 486 g/mol. The molecule has 3 aromatic rings. The lowest BCUT2D eigenvalue weighted by Crippen LogP contribution is -2.47. The number of hydrogen-bond donors (Lipinski definition) is 6. The van der Waals surface area contributed by atoms with Gasteiger partial charge < -0.3 is 36.5 Å². The molecule has 0 spiro atoms. The van der Waals surface area contributed by atoms with E-state index in [-0.39, 0.29) is 24.0 Å². The summed E-state index contributed by atoms with van der Waals surface area (Å²) in [7, 11) is 0. The van der Waals surface area contributed by atoms with E-state index in [2.05, 4.69) is 51.3 Å². The number of nitrogens with zero attached hydrogens (tertiary/aromatic N) is 5. The molecule has 0 radical (unpaired) electrons. The summed E-state index contributed by atoms with van der Waals surface area (Å²) in [6, 6.07) is 7.59. The minimum atomic E-state index is -0.981. The van der Waals surface area contributed by atoms with Gasteiger partial charge in [-0.1, -0.05) is 32.9 Å². The summed E-state index contributed by atoms with van der Waals surface area (Å²) in [4.78, 5) is 32.0. The number of nitrogens with two attached hydrogens (primary N) is 1. The summed E-state index contributed by atoms with van der Waals surface area (Å²) in [6.45, 7) is 9.31. The summed E-state index contributed by atoms with van der Waals surface area (Å²) >= 11 is 0. The van der Waals surface area contributed by atoms with Crippen molar-refractivity contribution in [3.05, 3.63) is 36.2 Å². The summed E-state index contributed by atoms with van der Waals surface area (Å²) in [5.74, 6) is 0.758. The Morgan fingerprint density at radius 3 is 2.71 bits per heavy atom. The highest BCUT2D eigenvalue weighted by atomic mass is 16.3. The molecule has 0 bridgehead atoms. The number of anilines is 3. The summed E-state index contributed by atoms with van der Waals surface area (Å²) in [5.41, 5.74) is 8.05. The maximum Gasteiger partial charge on any atom is 0.319 e. The van der Waals surface area contributed by atoms with Crippen molar-refractivity contribution in [1.29, 1.82) is 0 Å². The first-order valence-corrected chi connectivity index (χ1v) is 13.0. The predicted molar refractivity (Wildman–Crippen MR) is 148 cm³/mol. The Labute approximate surface area is 222 Å². The molecule has 1 unspecified atom stereocenters. The first kappa shape index (κ1) is 27.6. The number of carbonyl (C=O) groups excluding carboxylic acids is 1. The van der Waals surface area contributed by atoms with Gasteiger partial charge in [0.15, 0.2) is 11.5 Å². The van der Waals surface area contributed by atoms with Crippen LogP contribution in [0.5, 0.6) is 0 Å². The van der Waals surface area contributed by atoms with Crippen LogP contribution in [-0.2, 0) is 5.41 Å². The van der Waals surface area contributed by atoms with Gasteiger partial charge in [-0.05, 0) is 36.0 Å². The highest BCUT2D eigenvalue weighted by Gasteiger charge is 2.39. The van der Waals surface area contributed by atoms with Crippen LogP contribution in [0.2, 0.25) is 0 Å². The Bertz CT molecular complexity index is 1220. The molecule has 38 heavy (non-hydrogen) atoms. The second-order valence-corrected chi connectivity index (χ2v) is 11.0. The molecule has 0 saturated carbocycles. The van der Waals surface area contributed by atoms with Gasteiger partial charge in [-0.15, -0.1) is 0 Å². The van der Waals surface area contributed by atoms with Gasteiger partial charge in [-0.25, -0.2) is 9.78 Å². The average Bonchev–Trinajstić information content (AvgIpc) is 3.48. The number of amides is 2. The van der Waals surface area contributed by atoms with Crippen LogP contribution in [0.15, 0.2) is 30.6 Å². The predicted octanol–water partition coefficient (Wildman–Crippen LogP) is 1.68. The van der Waals surface area contributed by atoms with Gasteiger partial charge in [0.25, 0.3) is 0 Å². The van der Waals surface area contributed by atoms with Gasteiger partial charge in [0.05, 0.1) is 18.5 Å². The van der Waals surface area contributed by atoms with E-state index in [1.807, 2.05) is 34.1 Å². The van der Waals surface area contributed by atoms with E-state index in [9.17, 15) is 15.0 Å². The Morgan fingerprint density at radius 1 is 1.24 bits per heavy atom. The molecule has 2 aromatic heterocycles. The van der Waals surface area contributed by atoms with E-state index in [0.717, 1.165) is 5.69 Å². The number of carbonyl (C=O) groups is 1. The van der Waals surface area contributed by atoms with Crippen LogP contribution < -0.4 is 21.3 Å². The molecule has 4 rings (SSSR count). The van der Waals surface area contributed by atoms with Crippen LogP contribution in [0.25, 0.3) is 11.2 Å². The lowest BCUT2D eigenvalue weighted by atomic mass is 9.87. The smallest absolute Gasteiger partial charge is 0.319 e. The number of H-pyrrole nitrogens is 1. The Morgan fingerprint density at radius 2 is 2.00 bits per heavy atom. The van der Waals surface area contributed by atoms with Crippen LogP contribution in [0.3, 0.4) is 0 Å². The summed E-state index contributed by atoms with van der Waals surface area (Å²) in [6.07, 6.45) is 2.76. The number of hydrogen-bond acceptors (Lipinski definition) is 9. The number of urea groups is 1. The molecule has 3 heterocycles. The monoisotopic (exact) mass is 525 g/mol. The molecule has 206 valence electrons. The molecule has 1 fully saturated rings. The van der Waals surface area contributed by atoms with Gasteiger partial charge in [-0.3, -0.25) is 4.90 Å². The number of imidazole rings is 1. The van der Waals surface area contributed by atoms with E-state index >= 15 is 0 Å². The molecule has 1 saturated heterocycles. The molecule has 12 heteroatoms. The topological polar surface area (TPSA) is 169 Å². The highest BCUT2D eigenvalue weighted by Crippen LogP contribution is 2.30. The number of benzene rings is 1. The van der Waals surface area contributed by atoms with Crippen molar-refractivity contribution >= 4 is 34.6 Å². The number of aliphatic hydroxyl groups is 2. The third-order valence-corrected chi connectivity index (χ3v) is 6.80. The van der Waals surface area contributed by atoms with Gasteiger partial charge in [0.1, 0.15) is 5.52 Å². The van der Waals surface area contributed by atoms with E-state index in [1.165, 1.54) is 5.56 Å². The number of nitrogens with one attached hydrogen (secondary N) is 3. The molecule has 1 aliphatic rings. The molecule has 7 N–H and O–H groups in total. The fourth-order valence-electron chi connectivity index (χ4n) is 4.79. The third-order valence-electron chi connectivity index (χ3n) is 6.80. The number of β-amino-alcohol motifs (C(OH)–C–C–N with tert-alkyl or cyclic N) is 1. The minimum absolute atomic E-state index is 0.0184. The molecule has 12 nitrogen and oxygen atoms in total. The lowest BCUT2D eigenvalue weighted by molar-refractivity contribution is 0.0176. The zero-order valence-corrected chi connectivity index (χ0v) is 22.4. The first-order valence-electron chi connectivity index (χ1n) is 13.0. The van der Waals surface area contributed by atoms with Gasteiger partial charge in [0, 0.05) is 45.0 Å². The van der Waals surface area contributed by atoms with Crippen LogP contribution in [-0.4, -0.2) is 92.6 Å². The normalized spacial score (nSPS) is 17.9. The fourth-order valence-corrected chi connectivity index (χ4v) is 4.79. The number of aliphatic hydroxyl groups excluding tert-OH is 1. The molecule has 0 aliphatic carbocycles. The van der Waals surface area contributed by atoms with Crippen molar-refractivity contribution in [3.63, 3.8) is 0 Å². The summed E-state index contributed by atoms with van der Waals surface area (Å²) < 4.78 is 0. The largest absolute Gasteiger partial charge is 0.395 e. The maximum atomic E-state index is 12.3. The second-order valence-electron chi connectivity index (χ2n) is 11.0. The van der Waals surface area contributed by atoms with Crippen LogP contribution in [0, 0.1) is 0 Å². The zero-order valence-electron chi connectivity index (χ0n) is 22.4.